The third-order valence-corrected chi connectivity index (χ3v) is 2.52. The fourth-order valence-corrected chi connectivity index (χ4v) is 1.46. The van der Waals surface area contributed by atoms with Crippen molar-refractivity contribution < 1.29 is 4.74 Å². The maximum Gasteiger partial charge on any atom is 0.0950 e. The van der Waals surface area contributed by atoms with E-state index in [9.17, 15) is 0 Å². The van der Waals surface area contributed by atoms with Crippen molar-refractivity contribution in [2.24, 2.45) is 5.73 Å². The summed E-state index contributed by atoms with van der Waals surface area (Å²) in [6.07, 6.45) is 6.84. The van der Waals surface area contributed by atoms with Gasteiger partial charge in [-0.25, -0.2) is 4.98 Å². The molecule has 1 aromatic heterocycles. The van der Waals surface area contributed by atoms with Gasteiger partial charge in [-0.1, -0.05) is 13.8 Å². The van der Waals surface area contributed by atoms with Crippen molar-refractivity contribution >= 4 is 0 Å². The first-order valence-electron chi connectivity index (χ1n) is 6.10. The highest BCUT2D eigenvalue weighted by atomic mass is 16.5. The Bertz CT molecular complexity index is 286. The van der Waals surface area contributed by atoms with Gasteiger partial charge in [-0.3, -0.25) is 0 Å². The maximum atomic E-state index is 5.88. The summed E-state index contributed by atoms with van der Waals surface area (Å²) in [5, 5.41) is 0. The Hall–Kier alpha value is -0.870. The summed E-state index contributed by atoms with van der Waals surface area (Å²) in [6.45, 7) is 6.67. The highest BCUT2D eigenvalue weighted by Crippen LogP contribution is 2.02. The van der Waals surface area contributed by atoms with Crippen molar-refractivity contribution in [3.05, 3.63) is 18.2 Å². The molecule has 0 radical (unpaired) electrons. The van der Waals surface area contributed by atoms with Crippen molar-refractivity contribution in [2.45, 2.75) is 45.7 Å². The van der Waals surface area contributed by atoms with Crippen molar-refractivity contribution in [1.82, 2.24) is 9.55 Å². The number of hydrogen-bond acceptors (Lipinski definition) is 3. The third kappa shape index (κ3) is 4.77. The lowest BCUT2D eigenvalue weighted by atomic mass is 10.1. The number of nitrogens with zero attached hydrogens (tertiary/aromatic N) is 2. The SMILES string of the molecule is CCCOCCn1cnc(CC(N)CC)c1. The van der Waals surface area contributed by atoms with Crippen LogP contribution in [-0.4, -0.2) is 28.8 Å². The number of nitrogens with two attached hydrogens (primary N) is 1. The molecule has 0 fully saturated rings. The van der Waals surface area contributed by atoms with Crippen LogP contribution in [0.4, 0.5) is 0 Å². The monoisotopic (exact) mass is 225 g/mol. The molecular weight excluding hydrogens is 202 g/mol. The second kappa shape index (κ2) is 7.41. The zero-order valence-electron chi connectivity index (χ0n) is 10.4. The molecule has 1 heterocycles. The fraction of sp³-hybridized carbons (Fsp3) is 0.750. The summed E-state index contributed by atoms with van der Waals surface area (Å²) in [5.41, 5.74) is 6.95. The molecule has 4 heteroatoms. The molecule has 1 aromatic rings. The molecule has 4 nitrogen and oxygen atoms in total. The normalized spacial score (nSPS) is 12.9. The van der Waals surface area contributed by atoms with Crippen LogP contribution in [0.3, 0.4) is 0 Å². The lowest BCUT2D eigenvalue weighted by Crippen LogP contribution is -2.21. The minimum Gasteiger partial charge on any atom is -0.380 e. The minimum absolute atomic E-state index is 0.222. The number of rotatable bonds is 8. The molecular formula is C12H23N3O. The van der Waals surface area contributed by atoms with Crippen LogP contribution >= 0.6 is 0 Å². The zero-order chi connectivity index (χ0) is 11.8. The van der Waals surface area contributed by atoms with Crippen molar-refractivity contribution in [3.63, 3.8) is 0 Å². The first-order chi connectivity index (χ1) is 7.76. The fourth-order valence-electron chi connectivity index (χ4n) is 1.46. The van der Waals surface area contributed by atoms with Crippen LogP contribution in [0.1, 0.15) is 32.4 Å². The average Bonchev–Trinajstić information content (AvgIpc) is 2.72. The molecule has 0 spiro atoms. The van der Waals surface area contributed by atoms with Crippen molar-refractivity contribution in [3.8, 4) is 0 Å². The van der Waals surface area contributed by atoms with Crippen molar-refractivity contribution in [2.75, 3.05) is 13.2 Å². The predicted molar refractivity (Wildman–Crippen MR) is 65.3 cm³/mol. The Morgan fingerprint density at radius 3 is 2.94 bits per heavy atom. The first kappa shape index (κ1) is 13.2. The maximum absolute atomic E-state index is 5.88. The number of ether oxygens (including phenoxy) is 1. The summed E-state index contributed by atoms with van der Waals surface area (Å²) < 4.78 is 7.49. The highest BCUT2D eigenvalue weighted by molar-refractivity contribution is 4.99. The molecule has 1 atom stereocenters. The summed E-state index contributed by atoms with van der Waals surface area (Å²) in [5.74, 6) is 0. The number of hydrogen-bond donors (Lipinski definition) is 1. The van der Waals surface area contributed by atoms with Gasteiger partial charge in [-0.05, 0) is 12.8 Å². The molecule has 0 aliphatic heterocycles. The second-order valence-electron chi connectivity index (χ2n) is 4.09. The largest absolute Gasteiger partial charge is 0.380 e. The highest BCUT2D eigenvalue weighted by Gasteiger charge is 2.04. The van der Waals surface area contributed by atoms with Gasteiger partial charge in [0.25, 0.3) is 0 Å². The van der Waals surface area contributed by atoms with Crippen LogP contribution in [0.5, 0.6) is 0 Å². The Kier molecular flexibility index (Phi) is 6.11. The molecule has 0 aliphatic rings. The summed E-state index contributed by atoms with van der Waals surface area (Å²) in [6, 6.07) is 0.222. The quantitative estimate of drug-likeness (QED) is 0.684. The zero-order valence-corrected chi connectivity index (χ0v) is 10.4. The van der Waals surface area contributed by atoms with E-state index in [4.69, 9.17) is 10.5 Å². The minimum atomic E-state index is 0.222. The molecule has 0 amide bonds. The van der Waals surface area contributed by atoms with E-state index < -0.39 is 0 Å². The summed E-state index contributed by atoms with van der Waals surface area (Å²) in [4.78, 5) is 4.33. The lowest BCUT2D eigenvalue weighted by Gasteiger charge is -2.05. The van der Waals surface area contributed by atoms with Crippen LogP contribution in [0, 0.1) is 0 Å². The van der Waals surface area contributed by atoms with E-state index in [0.717, 1.165) is 44.7 Å². The second-order valence-corrected chi connectivity index (χ2v) is 4.09. The van der Waals surface area contributed by atoms with Gasteiger partial charge in [0.05, 0.1) is 18.6 Å². The van der Waals surface area contributed by atoms with Gasteiger partial charge in [0, 0.05) is 31.8 Å². The van der Waals surface area contributed by atoms with Gasteiger partial charge in [0.2, 0.25) is 0 Å². The van der Waals surface area contributed by atoms with E-state index in [1.54, 1.807) is 0 Å². The average molecular weight is 225 g/mol. The summed E-state index contributed by atoms with van der Waals surface area (Å²) in [7, 11) is 0. The van der Waals surface area contributed by atoms with Crippen molar-refractivity contribution in [1.29, 1.82) is 0 Å². The lowest BCUT2D eigenvalue weighted by molar-refractivity contribution is 0.127. The van der Waals surface area contributed by atoms with Gasteiger partial charge < -0.3 is 15.0 Å². The molecule has 2 N–H and O–H groups in total. The molecule has 0 aliphatic carbocycles. The topological polar surface area (TPSA) is 53.1 Å². The molecule has 0 saturated carbocycles. The van der Waals surface area contributed by atoms with E-state index in [1.807, 2.05) is 6.33 Å². The van der Waals surface area contributed by atoms with E-state index >= 15 is 0 Å². The van der Waals surface area contributed by atoms with Gasteiger partial charge >= 0.3 is 0 Å². The number of aromatic nitrogens is 2. The van der Waals surface area contributed by atoms with Gasteiger partial charge in [0.1, 0.15) is 0 Å². The van der Waals surface area contributed by atoms with E-state index in [-0.39, 0.29) is 6.04 Å². The van der Waals surface area contributed by atoms with E-state index in [1.165, 1.54) is 0 Å². The van der Waals surface area contributed by atoms with Gasteiger partial charge in [-0.2, -0.15) is 0 Å². The Morgan fingerprint density at radius 1 is 1.44 bits per heavy atom. The Labute approximate surface area is 97.8 Å². The van der Waals surface area contributed by atoms with Crippen LogP contribution < -0.4 is 5.73 Å². The van der Waals surface area contributed by atoms with Gasteiger partial charge in [-0.15, -0.1) is 0 Å². The smallest absolute Gasteiger partial charge is 0.0950 e. The Morgan fingerprint density at radius 2 is 2.25 bits per heavy atom. The first-order valence-corrected chi connectivity index (χ1v) is 6.10. The molecule has 0 saturated heterocycles. The van der Waals surface area contributed by atoms with Crippen LogP contribution in [0.15, 0.2) is 12.5 Å². The number of imidazole rings is 1. The standard InChI is InChI=1S/C12H23N3O/c1-3-6-16-7-5-15-9-12(14-10-15)8-11(13)4-2/h9-11H,3-8,13H2,1-2H3. The molecule has 0 aromatic carbocycles. The molecule has 92 valence electrons. The Balaban J connectivity index is 2.28. The van der Waals surface area contributed by atoms with Gasteiger partial charge in [0.15, 0.2) is 0 Å². The molecule has 1 unspecified atom stereocenters. The van der Waals surface area contributed by atoms with Crippen LogP contribution in [0.25, 0.3) is 0 Å². The van der Waals surface area contributed by atoms with E-state index in [0.29, 0.717) is 0 Å². The molecule has 0 bridgehead atoms. The predicted octanol–water partition coefficient (Wildman–Crippen LogP) is 1.59. The summed E-state index contributed by atoms with van der Waals surface area (Å²) >= 11 is 0. The van der Waals surface area contributed by atoms with E-state index in [2.05, 4.69) is 29.6 Å². The molecule has 16 heavy (non-hydrogen) atoms. The third-order valence-electron chi connectivity index (χ3n) is 2.52. The van der Waals surface area contributed by atoms with Crippen LogP contribution in [-0.2, 0) is 17.7 Å². The molecule has 1 rings (SSSR count). The van der Waals surface area contributed by atoms with Crippen LogP contribution in [0.2, 0.25) is 0 Å².